The Morgan fingerprint density at radius 2 is 1.92 bits per heavy atom. The number of carbonyl (C=O) groups excluding carboxylic acids is 1. The van der Waals surface area contributed by atoms with Gasteiger partial charge in [-0.05, 0) is 62.7 Å². The Balaban J connectivity index is 1.35. The van der Waals surface area contributed by atoms with Crippen LogP contribution in [0.5, 0.6) is 0 Å². The number of rotatable bonds is 8. The number of hydrogen-bond acceptors (Lipinski definition) is 7. The lowest BCUT2D eigenvalue weighted by molar-refractivity contribution is -0.287. The topological polar surface area (TPSA) is 112 Å². The number of aliphatic hydroxyl groups is 1. The summed E-state index contributed by atoms with van der Waals surface area (Å²) in [6.45, 7) is 12.3. The molecule has 0 amide bonds. The average molecular weight is 547 g/mol. The molecule has 0 radical (unpaired) electrons. The fourth-order valence-corrected chi connectivity index (χ4v) is 10.5. The van der Waals surface area contributed by atoms with Crippen molar-refractivity contribution in [1.82, 2.24) is 0 Å². The zero-order chi connectivity index (χ0) is 28.1. The smallest absolute Gasteiger partial charge is 0.315 e. The minimum absolute atomic E-state index is 0.00180. The molecule has 3 saturated carbocycles. The van der Waals surface area contributed by atoms with Gasteiger partial charge in [0.05, 0.1) is 18.1 Å². The summed E-state index contributed by atoms with van der Waals surface area (Å²) < 4.78 is 25.1. The molecule has 13 atom stereocenters. The SMILES string of the molecule is CCCC1(C)O[C@H]2[C@H](O)[C@H](OCC34CC5C(C)CCC5C5(C=O)CC3C=C(C(C)C)C54C(=O)O)O[C@H](C)[C@H]2O1. The summed E-state index contributed by atoms with van der Waals surface area (Å²) in [6.07, 6.45) is 4.54. The molecule has 8 heteroatoms. The minimum atomic E-state index is -1.31. The van der Waals surface area contributed by atoms with Crippen molar-refractivity contribution in [2.75, 3.05) is 6.61 Å². The third-order valence-electron chi connectivity index (χ3n) is 11.9. The molecule has 8 unspecified atom stereocenters. The summed E-state index contributed by atoms with van der Waals surface area (Å²) >= 11 is 0. The van der Waals surface area contributed by atoms with Gasteiger partial charge in [-0.2, -0.15) is 0 Å². The van der Waals surface area contributed by atoms with Gasteiger partial charge in [0, 0.05) is 11.8 Å². The standard InChI is InChI=1S/C31H46O8/c1-7-10-28(6)38-24-18(5)37-26(23(33)25(24)39-28)36-15-30-13-20-17(4)8-9-21(20)29(14-32)12-19(30)11-22(16(2)3)31(29,30)27(34)35/h11,14,16-21,23-26,33H,7-10,12-13,15H2,1-6H3,(H,34,35)/t17?,18-,19?,20?,21?,23+,24-,25+,26-,28?,29?,30?,31?/m1/s1. The van der Waals surface area contributed by atoms with Crippen molar-refractivity contribution in [3.63, 3.8) is 0 Å². The predicted octanol–water partition coefficient (Wildman–Crippen LogP) is 4.33. The second-order valence-electron chi connectivity index (χ2n) is 14.0. The first kappa shape index (κ1) is 27.8. The third kappa shape index (κ3) is 3.35. The molecule has 8 nitrogen and oxygen atoms in total. The summed E-state index contributed by atoms with van der Waals surface area (Å²) in [5.41, 5.74) is -2.15. The first-order valence-electron chi connectivity index (χ1n) is 15.1. The van der Waals surface area contributed by atoms with E-state index in [0.29, 0.717) is 25.2 Å². The molecule has 2 heterocycles. The van der Waals surface area contributed by atoms with Gasteiger partial charge in [-0.1, -0.05) is 52.2 Å². The Morgan fingerprint density at radius 1 is 1.21 bits per heavy atom. The zero-order valence-electron chi connectivity index (χ0n) is 24.2. The van der Waals surface area contributed by atoms with E-state index in [0.717, 1.165) is 31.1 Å². The molecule has 4 aliphatic carbocycles. The van der Waals surface area contributed by atoms with Crippen LogP contribution in [0.3, 0.4) is 0 Å². The van der Waals surface area contributed by atoms with Crippen molar-refractivity contribution in [2.24, 2.45) is 45.8 Å². The summed E-state index contributed by atoms with van der Waals surface area (Å²) in [5, 5.41) is 22.5. The normalized spacial score (nSPS) is 53.5. The summed E-state index contributed by atoms with van der Waals surface area (Å²) in [4.78, 5) is 26.8. The van der Waals surface area contributed by atoms with Gasteiger partial charge in [0.1, 0.15) is 30.0 Å². The lowest BCUT2D eigenvalue weighted by Crippen LogP contribution is -2.64. The van der Waals surface area contributed by atoms with Crippen LogP contribution in [0, 0.1) is 45.8 Å². The van der Waals surface area contributed by atoms with Crippen LogP contribution in [-0.4, -0.2) is 65.6 Å². The van der Waals surface area contributed by atoms with E-state index in [2.05, 4.69) is 19.9 Å². The van der Waals surface area contributed by atoms with Gasteiger partial charge >= 0.3 is 5.97 Å². The summed E-state index contributed by atoms with van der Waals surface area (Å²) in [5.74, 6) is -0.991. The zero-order valence-corrected chi connectivity index (χ0v) is 24.2. The maximum atomic E-state index is 13.6. The van der Waals surface area contributed by atoms with Crippen molar-refractivity contribution in [1.29, 1.82) is 0 Å². The van der Waals surface area contributed by atoms with E-state index >= 15 is 0 Å². The third-order valence-corrected chi connectivity index (χ3v) is 11.9. The van der Waals surface area contributed by atoms with Crippen LogP contribution in [0.4, 0.5) is 0 Å². The fraction of sp³-hybridized carbons (Fsp3) is 0.871. The maximum Gasteiger partial charge on any atom is 0.315 e. The van der Waals surface area contributed by atoms with Gasteiger partial charge in [0.2, 0.25) is 0 Å². The van der Waals surface area contributed by atoms with Crippen molar-refractivity contribution in [2.45, 2.75) is 117 Å². The van der Waals surface area contributed by atoms with Gasteiger partial charge in [-0.15, -0.1) is 0 Å². The molecule has 218 valence electrons. The number of fused-ring (bicyclic) bond motifs is 3. The average Bonchev–Trinajstić information content (AvgIpc) is 3.56. The number of hydrogen-bond donors (Lipinski definition) is 2. The second kappa shape index (κ2) is 9.09. The molecule has 5 fully saturated rings. The molecule has 6 aliphatic rings. The van der Waals surface area contributed by atoms with Crippen LogP contribution >= 0.6 is 0 Å². The molecule has 6 rings (SSSR count). The number of carboxylic acids is 1. The maximum absolute atomic E-state index is 13.6. The van der Waals surface area contributed by atoms with Crippen LogP contribution < -0.4 is 0 Å². The lowest BCUT2D eigenvalue weighted by atomic mass is 9.43. The predicted molar refractivity (Wildman–Crippen MR) is 141 cm³/mol. The van der Waals surface area contributed by atoms with Gasteiger partial charge in [0.25, 0.3) is 0 Å². The molecule has 0 aromatic rings. The molecule has 2 saturated heterocycles. The van der Waals surface area contributed by atoms with E-state index in [4.69, 9.17) is 18.9 Å². The second-order valence-corrected chi connectivity index (χ2v) is 14.0. The number of ether oxygens (including phenoxy) is 4. The first-order valence-corrected chi connectivity index (χ1v) is 15.1. The number of aliphatic hydroxyl groups excluding tert-OH is 1. The molecule has 2 aliphatic heterocycles. The molecule has 2 N–H and O–H groups in total. The van der Waals surface area contributed by atoms with Gasteiger partial charge < -0.3 is 34.0 Å². The quantitative estimate of drug-likeness (QED) is 0.342. The number of carbonyl (C=O) groups is 2. The van der Waals surface area contributed by atoms with E-state index in [9.17, 15) is 19.8 Å². The van der Waals surface area contributed by atoms with Gasteiger partial charge in [-0.25, -0.2) is 0 Å². The highest BCUT2D eigenvalue weighted by molar-refractivity contribution is 5.90. The monoisotopic (exact) mass is 546 g/mol. The minimum Gasteiger partial charge on any atom is -0.481 e. The van der Waals surface area contributed by atoms with Gasteiger partial charge in [0.15, 0.2) is 12.1 Å². The van der Waals surface area contributed by atoms with E-state index in [1.165, 1.54) is 0 Å². The first-order chi connectivity index (χ1) is 18.4. The van der Waals surface area contributed by atoms with Crippen molar-refractivity contribution in [3.8, 4) is 0 Å². The van der Waals surface area contributed by atoms with E-state index in [-0.39, 0.29) is 36.4 Å². The molecular weight excluding hydrogens is 500 g/mol. The van der Waals surface area contributed by atoms with Crippen molar-refractivity contribution in [3.05, 3.63) is 11.6 Å². The Hall–Kier alpha value is -1.32. The number of aliphatic carboxylic acids is 1. The number of allylic oxidation sites excluding steroid dienone is 1. The Bertz CT molecular complexity index is 1060. The molecular formula is C31H46O8. The largest absolute Gasteiger partial charge is 0.481 e. The molecule has 39 heavy (non-hydrogen) atoms. The van der Waals surface area contributed by atoms with E-state index < -0.39 is 52.6 Å². The van der Waals surface area contributed by atoms with Crippen molar-refractivity contribution >= 4 is 12.3 Å². The summed E-state index contributed by atoms with van der Waals surface area (Å²) in [7, 11) is 0. The van der Waals surface area contributed by atoms with E-state index in [1.54, 1.807) is 0 Å². The molecule has 0 aromatic carbocycles. The van der Waals surface area contributed by atoms with Crippen LogP contribution in [0.1, 0.15) is 80.1 Å². The van der Waals surface area contributed by atoms with Crippen LogP contribution in [0.2, 0.25) is 0 Å². The fourth-order valence-electron chi connectivity index (χ4n) is 10.5. The lowest BCUT2D eigenvalue weighted by Gasteiger charge is -2.58. The highest BCUT2D eigenvalue weighted by atomic mass is 16.8. The molecule has 0 aromatic heterocycles. The Morgan fingerprint density at radius 3 is 2.56 bits per heavy atom. The van der Waals surface area contributed by atoms with Crippen LogP contribution in [-0.2, 0) is 28.5 Å². The summed E-state index contributed by atoms with van der Waals surface area (Å²) in [6, 6.07) is 0. The Kier molecular flexibility index (Phi) is 6.49. The number of aldehydes is 1. The van der Waals surface area contributed by atoms with Crippen LogP contribution in [0.25, 0.3) is 0 Å². The molecule has 0 spiro atoms. The van der Waals surface area contributed by atoms with E-state index in [1.807, 2.05) is 27.7 Å². The Labute approximate surface area is 231 Å². The van der Waals surface area contributed by atoms with Crippen LogP contribution in [0.15, 0.2) is 11.6 Å². The van der Waals surface area contributed by atoms with Crippen molar-refractivity contribution < 1.29 is 38.7 Å². The van der Waals surface area contributed by atoms with Gasteiger partial charge in [-0.3, -0.25) is 4.79 Å². The highest BCUT2D eigenvalue weighted by Crippen LogP contribution is 2.82. The highest BCUT2D eigenvalue weighted by Gasteiger charge is 2.84. The number of carboxylic acid groups (broad SMARTS) is 1. The molecule has 4 bridgehead atoms.